The van der Waals surface area contributed by atoms with E-state index in [0.717, 1.165) is 0 Å². The Balaban J connectivity index is 1.58. The number of hydrogen-bond donors (Lipinski definition) is 4. The molecule has 3 unspecified atom stereocenters. The highest BCUT2D eigenvalue weighted by atomic mass is 19.3. The number of amides is 1. The smallest absolute Gasteiger partial charge is 0.261 e. The highest BCUT2D eigenvalue weighted by molar-refractivity contribution is 6.22. The molecule has 11 heteroatoms. The molecule has 1 amide bonds. The van der Waals surface area contributed by atoms with Gasteiger partial charge in [-0.1, -0.05) is 6.07 Å². The van der Waals surface area contributed by atoms with Crippen LogP contribution in [0.15, 0.2) is 34.8 Å². The van der Waals surface area contributed by atoms with Crippen molar-refractivity contribution >= 4 is 17.5 Å². The molecule has 0 aromatic heterocycles. The second-order valence-electron chi connectivity index (χ2n) is 10.7. The molecular formula is C26H29F2N3O6. The zero-order valence-electron chi connectivity index (χ0n) is 20.5. The Morgan fingerprint density at radius 3 is 2.49 bits per heavy atom. The number of carbonyl (C=O) groups is 3. The van der Waals surface area contributed by atoms with Gasteiger partial charge in [0, 0.05) is 25.1 Å². The summed E-state index contributed by atoms with van der Waals surface area (Å²) in [5, 5.41) is 32.7. The average Bonchev–Trinajstić information content (AvgIpc) is 3.12. The minimum absolute atomic E-state index is 0.00929. The predicted molar refractivity (Wildman–Crippen MR) is 127 cm³/mol. The van der Waals surface area contributed by atoms with Crippen molar-refractivity contribution in [1.29, 1.82) is 0 Å². The third kappa shape index (κ3) is 3.91. The molecule has 198 valence electrons. The molecule has 1 heterocycles. The number of allylic oxidation sites excluding steroid dienone is 2. The number of benzene rings is 1. The van der Waals surface area contributed by atoms with Crippen LogP contribution in [0.3, 0.4) is 0 Å². The van der Waals surface area contributed by atoms with Crippen molar-refractivity contribution in [2.45, 2.75) is 37.8 Å². The van der Waals surface area contributed by atoms with Crippen LogP contribution >= 0.6 is 0 Å². The molecule has 0 bridgehead atoms. The Bertz CT molecular complexity index is 1290. The molecule has 4 aliphatic rings. The second-order valence-corrected chi connectivity index (χ2v) is 10.7. The minimum Gasteiger partial charge on any atom is -0.511 e. The first-order valence-electron chi connectivity index (χ1n) is 12.2. The van der Waals surface area contributed by atoms with E-state index in [4.69, 9.17) is 5.73 Å². The lowest BCUT2D eigenvalue weighted by molar-refractivity contribution is -0.127. The molecule has 1 aromatic carbocycles. The van der Waals surface area contributed by atoms with E-state index in [1.54, 1.807) is 30.0 Å². The summed E-state index contributed by atoms with van der Waals surface area (Å²) in [5.74, 6) is -9.06. The van der Waals surface area contributed by atoms with Crippen LogP contribution in [0.5, 0.6) is 5.75 Å². The third-order valence-electron chi connectivity index (χ3n) is 8.19. The molecule has 1 aliphatic heterocycles. The first kappa shape index (κ1) is 25.3. The van der Waals surface area contributed by atoms with E-state index in [-0.39, 0.29) is 49.2 Å². The van der Waals surface area contributed by atoms with Crippen molar-refractivity contribution in [2.75, 3.05) is 27.2 Å². The first-order valence-corrected chi connectivity index (χ1v) is 12.2. The molecule has 1 saturated heterocycles. The molecule has 5 rings (SSSR count). The van der Waals surface area contributed by atoms with Gasteiger partial charge >= 0.3 is 0 Å². The molecule has 4 atom stereocenters. The Morgan fingerprint density at radius 1 is 1.19 bits per heavy atom. The maximum absolute atomic E-state index is 13.8. The number of aliphatic hydroxyl groups excluding tert-OH is 2. The standard InChI is InChI=1S/C26H29F2N3O6/c1-30(2)20-14-8-12-7-13-11(9-31-6-5-26(27,28)10-31)3-4-15(32)17(13)21(33)16(12)22(34)18(14)23(35)19(24(20)36)25(29)37/h3-4,12,14,18,20,32,34,36H,5-10H2,1-2H3,(H2,29,37)/t12?,14?,18?,20-/m0/s1. The van der Waals surface area contributed by atoms with E-state index in [1.165, 1.54) is 6.07 Å². The van der Waals surface area contributed by atoms with Crippen molar-refractivity contribution in [1.82, 2.24) is 9.80 Å². The monoisotopic (exact) mass is 517 g/mol. The number of hydrogen-bond acceptors (Lipinski definition) is 8. The summed E-state index contributed by atoms with van der Waals surface area (Å²) in [6.45, 7) is -0.00803. The summed E-state index contributed by atoms with van der Waals surface area (Å²) >= 11 is 0. The molecule has 1 fully saturated rings. The van der Waals surface area contributed by atoms with Gasteiger partial charge in [-0.25, -0.2) is 8.78 Å². The Kier molecular flexibility index (Phi) is 5.91. The lowest BCUT2D eigenvalue weighted by Crippen LogP contribution is -2.53. The van der Waals surface area contributed by atoms with Crippen LogP contribution in [0.1, 0.15) is 34.3 Å². The number of carbonyl (C=O) groups excluding carboxylic acids is 3. The molecule has 0 spiro atoms. The van der Waals surface area contributed by atoms with Crippen LogP contribution < -0.4 is 5.73 Å². The third-order valence-corrected chi connectivity index (χ3v) is 8.19. The maximum atomic E-state index is 13.8. The van der Waals surface area contributed by atoms with Gasteiger partial charge in [-0.2, -0.15) is 0 Å². The van der Waals surface area contributed by atoms with Crippen LogP contribution in [-0.4, -0.2) is 81.7 Å². The molecule has 5 N–H and O–H groups in total. The normalized spacial score (nSPS) is 29.4. The lowest BCUT2D eigenvalue weighted by atomic mass is 9.60. The summed E-state index contributed by atoms with van der Waals surface area (Å²) < 4.78 is 27.5. The molecule has 0 radical (unpaired) electrons. The van der Waals surface area contributed by atoms with Gasteiger partial charge in [-0.3, -0.25) is 24.2 Å². The van der Waals surface area contributed by atoms with Crippen molar-refractivity contribution in [3.8, 4) is 5.75 Å². The van der Waals surface area contributed by atoms with Crippen molar-refractivity contribution < 1.29 is 38.5 Å². The van der Waals surface area contributed by atoms with E-state index < -0.39 is 70.8 Å². The second kappa shape index (κ2) is 8.63. The van der Waals surface area contributed by atoms with E-state index in [2.05, 4.69) is 0 Å². The molecule has 3 aliphatic carbocycles. The number of fused-ring (bicyclic) bond motifs is 3. The Hall–Kier alpha value is -3.31. The van der Waals surface area contributed by atoms with Crippen molar-refractivity contribution in [3.63, 3.8) is 0 Å². The number of halogens is 2. The first-order chi connectivity index (χ1) is 17.3. The number of Topliss-reactive ketones (excluding diaryl/α,β-unsaturated/α-hetero) is 2. The van der Waals surface area contributed by atoms with Crippen molar-refractivity contribution in [2.24, 2.45) is 23.5 Å². The number of aromatic hydroxyl groups is 1. The quantitative estimate of drug-likeness (QED) is 0.443. The minimum atomic E-state index is -2.78. The summed E-state index contributed by atoms with van der Waals surface area (Å²) in [5.41, 5.74) is 5.93. The topological polar surface area (TPSA) is 144 Å². The van der Waals surface area contributed by atoms with E-state index in [9.17, 15) is 38.5 Å². The van der Waals surface area contributed by atoms with Gasteiger partial charge in [0.05, 0.1) is 24.1 Å². The number of nitrogens with zero attached hydrogens (tertiary/aromatic N) is 2. The number of rotatable bonds is 4. The molecule has 0 saturated carbocycles. The number of ketones is 2. The lowest BCUT2D eigenvalue weighted by Gasteiger charge is -2.46. The largest absolute Gasteiger partial charge is 0.511 e. The van der Waals surface area contributed by atoms with Gasteiger partial charge in [0.1, 0.15) is 22.8 Å². The average molecular weight is 518 g/mol. The highest BCUT2D eigenvalue weighted by Crippen LogP contribution is 2.50. The van der Waals surface area contributed by atoms with Crippen LogP contribution in [0.25, 0.3) is 0 Å². The summed E-state index contributed by atoms with van der Waals surface area (Å²) in [6, 6.07) is 2.16. The van der Waals surface area contributed by atoms with Gasteiger partial charge < -0.3 is 21.1 Å². The number of likely N-dealkylation sites (tertiary alicyclic amines) is 1. The fourth-order valence-corrected chi connectivity index (χ4v) is 6.66. The van der Waals surface area contributed by atoms with Gasteiger partial charge in [0.15, 0.2) is 11.6 Å². The summed E-state index contributed by atoms with van der Waals surface area (Å²) in [4.78, 5) is 42.1. The summed E-state index contributed by atoms with van der Waals surface area (Å²) in [6.07, 6.45) is 0.221. The van der Waals surface area contributed by atoms with Gasteiger partial charge in [0.25, 0.3) is 11.8 Å². The zero-order valence-corrected chi connectivity index (χ0v) is 20.5. The van der Waals surface area contributed by atoms with Crippen LogP contribution in [0, 0.1) is 17.8 Å². The predicted octanol–water partition coefficient (Wildman–Crippen LogP) is 1.85. The maximum Gasteiger partial charge on any atom is 0.261 e. The summed E-state index contributed by atoms with van der Waals surface area (Å²) in [7, 11) is 3.32. The van der Waals surface area contributed by atoms with Gasteiger partial charge in [-0.05, 0) is 56.0 Å². The number of nitrogens with two attached hydrogens (primary N) is 1. The van der Waals surface area contributed by atoms with Crippen LogP contribution in [0.2, 0.25) is 0 Å². The van der Waals surface area contributed by atoms with E-state index in [1.807, 2.05) is 0 Å². The van der Waals surface area contributed by atoms with E-state index in [0.29, 0.717) is 11.1 Å². The zero-order chi connectivity index (χ0) is 27.0. The number of phenolic OH excluding ortho intramolecular Hbond substituents is 1. The van der Waals surface area contributed by atoms with Crippen LogP contribution in [0.4, 0.5) is 8.78 Å². The SMILES string of the molecule is CN(C)[C@@H]1C(O)=C(C(N)=O)C(=O)C2C(O)=C3C(=O)c4c(O)ccc(CN5CCC(F)(F)C5)c4CC3CC21. The molecular weight excluding hydrogens is 488 g/mol. The molecule has 1 aromatic rings. The van der Waals surface area contributed by atoms with Crippen LogP contribution in [-0.2, 0) is 22.6 Å². The number of aliphatic hydroxyl groups is 2. The fourth-order valence-electron chi connectivity index (χ4n) is 6.66. The molecule has 9 nitrogen and oxygen atoms in total. The number of phenols is 1. The number of primary amides is 1. The van der Waals surface area contributed by atoms with E-state index >= 15 is 0 Å². The molecule has 37 heavy (non-hydrogen) atoms. The number of likely N-dealkylation sites (N-methyl/N-ethyl adjacent to an activating group) is 1. The van der Waals surface area contributed by atoms with Gasteiger partial charge in [0.2, 0.25) is 0 Å². The highest BCUT2D eigenvalue weighted by Gasteiger charge is 2.54. The Morgan fingerprint density at radius 2 is 1.89 bits per heavy atom. The number of alkyl halides is 2. The fraction of sp³-hybridized carbons (Fsp3) is 0.500. The Labute approximate surface area is 211 Å². The van der Waals surface area contributed by atoms with Crippen molar-refractivity contribution in [3.05, 3.63) is 51.5 Å². The van der Waals surface area contributed by atoms with Gasteiger partial charge in [-0.15, -0.1) is 0 Å².